The molecule has 1 rings (SSSR count). The fourth-order valence-electron chi connectivity index (χ4n) is 2.40. The number of unbranched alkanes of at least 4 members (excludes halogenated alkanes) is 1. The molecule has 0 spiro atoms. The van der Waals surface area contributed by atoms with Gasteiger partial charge in [-0.3, -0.25) is 4.90 Å². The third-order valence-electron chi connectivity index (χ3n) is 3.61. The molecule has 0 aliphatic carbocycles. The molecule has 1 aromatic rings. The van der Waals surface area contributed by atoms with Crippen molar-refractivity contribution in [3.8, 4) is 5.75 Å². The van der Waals surface area contributed by atoms with Gasteiger partial charge in [0.25, 0.3) is 0 Å². The summed E-state index contributed by atoms with van der Waals surface area (Å²) in [7, 11) is 0. The van der Waals surface area contributed by atoms with E-state index in [9.17, 15) is 0 Å². The fraction of sp³-hybridized carbons (Fsp3) is 0.647. The van der Waals surface area contributed by atoms with Crippen molar-refractivity contribution in [1.82, 2.24) is 4.90 Å². The van der Waals surface area contributed by atoms with Crippen molar-refractivity contribution in [2.45, 2.75) is 46.1 Å². The average Bonchev–Trinajstić information content (AvgIpc) is 2.50. The van der Waals surface area contributed by atoms with E-state index in [1.807, 2.05) is 0 Å². The number of nitrogens with two attached hydrogens (primary N) is 1. The van der Waals surface area contributed by atoms with Crippen molar-refractivity contribution in [3.63, 3.8) is 0 Å². The van der Waals surface area contributed by atoms with Crippen LogP contribution in [0, 0.1) is 0 Å². The molecule has 0 saturated carbocycles. The Morgan fingerprint density at radius 1 is 1.10 bits per heavy atom. The molecule has 1 atom stereocenters. The van der Waals surface area contributed by atoms with E-state index < -0.39 is 0 Å². The minimum Gasteiger partial charge on any atom is -0.494 e. The smallest absolute Gasteiger partial charge is 0.119 e. The van der Waals surface area contributed by atoms with E-state index in [1.54, 1.807) is 0 Å². The highest BCUT2D eigenvalue weighted by Crippen LogP contribution is 2.22. The molecule has 0 fully saturated rings. The SMILES string of the molecule is CCCCN(CC)C(CN)c1ccc(OCCC)cc1. The maximum atomic E-state index is 6.00. The van der Waals surface area contributed by atoms with E-state index in [1.165, 1.54) is 18.4 Å². The van der Waals surface area contributed by atoms with E-state index in [0.29, 0.717) is 12.6 Å². The van der Waals surface area contributed by atoms with Crippen molar-refractivity contribution in [1.29, 1.82) is 0 Å². The second-order valence-corrected chi connectivity index (χ2v) is 5.15. The van der Waals surface area contributed by atoms with Crippen LogP contribution in [0.1, 0.15) is 51.6 Å². The molecule has 0 saturated heterocycles. The molecule has 0 radical (unpaired) electrons. The summed E-state index contributed by atoms with van der Waals surface area (Å²) in [4.78, 5) is 2.46. The summed E-state index contributed by atoms with van der Waals surface area (Å²) < 4.78 is 5.63. The van der Waals surface area contributed by atoms with Crippen LogP contribution in [0.2, 0.25) is 0 Å². The van der Waals surface area contributed by atoms with Gasteiger partial charge in [0, 0.05) is 12.6 Å². The summed E-state index contributed by atoms with van der Waals surface area (Å²) >= 11 is 0. The number of rotatable bonds is 10. The number of nitrogens with zero attached hydrogens (tertiary/aromatic N) is 1. The summed E-state index contributed by atoms with van der Waals surface area (Å²) in [6.45, 7) is 10.1. The third kappa shape index (κ3) is 5.14. The molecule has 0 heterocycles. The second-order valence-electron chi connectivity index (χ2n) is 5.15. The van der Waals surface area contributed by atoms with Crippen molar-refractivity contribution in [2.75, 3.05) is 26.2 Å². The highest BCUT2D eigenvalue weighted by Gasteiger charge is 2.17. The maximum absolute atomic E-state index is 6.00. The Morgan fingerprint density at radius 2 is 1.80 bits per heavy atom. The Morgan fingerprint density at radius 3 is 2.30 bits per heavy atom. The first kappa shape index (κ1) is 17.0. The zero-order valence-corrected chi connectivity index (χ0v) is 13.3. The van der Waals surface area contributed by atoms with Crippen LogP contribution < -0.4 is 10.5 Å². The summed E-state index contributed by atoms with van der Waals surface area (Å²) in [5.41, 5.74) is 7.28. The zero-order valence-electron chi connectivity index (χ0n) is 13.3. The van der Waals surface area contributed by atoms with Gasteiger partial charge in [0.1, 0.15) is 5.75 Å². The van der Waals surface area contributed by atoms with Crippen LogP contribution in [-0.2, 0) is 0 Å². The molecule has 20 heavy (non-hydrogen) atoms. The van der Waals surface area contributed by atoms with Crippen LogP contribution in [0.4, 0.5) is 0 Å². The van der Waals surface area contributed by atoms with Crippen molar-refractivity contribution in [2.24, 2.45) is 5.73 Å². The van der Waals surface area contributed by atoms with Crippen LogP contribution >= 0.6 is 0 Å². The van der Waals surface area contributed by atoms with Gasteiger partial charge in [-0.2, -0.15) is 0 Å². The Labute approximate surface area is 124 Å². The van der Waals surface area contributed by atoms with Gasteiger partial charge in [-0.1, -0.05) is 39.3 Å². The van der Waals surface area contributed by atoms with E-state index >= 15 is 0 Å². The van der Waals surface area contributed by atoms with Crippen molar-refractivity contribution in [3.05, 3.63) is 29.8 Å². The number of likely N-dealkylation sites (N-methyl/N-ethyl adjacent to an activating group) is 1. The molecule has 114 valence electrons. The summed E-state index contributed by atoms with van der Waals surface area (Å²) in [6, 6.07) is 8.73. The highest BCUT2D eigenvalue weighted by molar-refractivity contribution is 5.29. The van der Waals surface area contributed by atoms with Gasteiger partial charge in [-0.15, -0.1) is 0 Å². The summed E-state index contributed by atoms with van der Waals surface area (Å²) in [6.07, 6.45) is 3.48. The molecule has 0 amide bonds. The fourth-order valence-corrected chi connectivity index (χ4v) is 2.40. The molecule has 0 aliphatic heterocycles. The Balaban J connectivity index is 2.72. The Hall–Kier alpha value is -1.06. The topological polar surface area (TPSA) is 38.5 Å². The number of hydrogen-bond acceptors (Lipinski definition) is 3. The van der Waals surface area contributed by atoms with Gasteiger partial charge >= 0.3 is 0 Å². The minimum atomic E-state index is 0.312. The molecular weight excluding hydrogens is 248 g/mol. The first-order valence-corrected chi connectivity index (χ1v) is 7.93. The lowest BCUT2D eigenvalue weighted by molar-refractivity contribution is 0.209. The van der Waals surface area contributed by atoms with E-state index in [0.717, 1.165) is 31.9 Å². The second kappa shape index (κ2) is 9.78. The molecule has 0 aromatic heterocycles. The van der Waals surface area contributed by atoms with Crippen LogP contribution in [0.25, 0.3) is 0 Å². The van der Waals surface area contributed by atoms with Gasteiger partial charge in [0.15, 0.2) is 0 Å². The normalized spacial score (nSPS) is 12.7. The lowest BCUT2D eigenvalue weighted by Gasteiger charge is -2.30. The lowest BCUT2D eigenvalue weighted by atomic mass is 10.0. The van der Waals surface area contributed by atoms with Gasteiger partial charge in [-0.25, -0.2) is 0 Å². The first-order valence-electron chi connectivity index (χ1n) is 7.93. The Bertz CT molecular complexity index is 351. The minimum absolute atomic E-state index is 0.312. The first-order chi connectivity index (χ1) is 9.76. The predicted molar refractivity (Wildman–Crippen MR) is 86.2 cm³/mol. The van der Waals surface area contributed by atoms with E-state index in [4.69, 9.17) is 10.5 Å². The van der Waals surface area contributed by atoms with Crippen molar-refractivity contribution < 1.29 is 4.74 Å². The largest absolute Gasteiger partial charge is 0.494 e. The molecular formula is C17H30N2O. The number of benzene rings is 1. The zero-order chi connectivity index (χ0) is 14.8. The van der Waals surface area contributed by atoms with Crippen LogP contribution in [0.5, 0.6) is 5.75 Å². The standard InChI is InChI=1S/C17H30N2O/c1-4-7-12-19(6-3)17(14-18)15-8-10-16(11-9-15)20-13-5-2/h8-11,17H,4-7,12-14,18H2,1-3H3. The quantitative estimate of drug-likeness (QED) is 0.710. The highest BCUT2D eigenvalue weighted by atomic mass is 16.5. The molecule has 2 N–H and O–H groups in total. The van der Waals surface area contributed by atoms with Gasteiger partial charge in [0.2, 0.25) is 0 Å². The van der Waals surface area contributed by atoms with Crippen molar-refractivity contribution >= 4 is 0 Å². The summed E-state index contributed by atoms with van der Waals surface area (Å²) in [5, 5.41) is 0. The monoisotopic (exact) mass is 278 g/mol. The van der Waals surface area contributed by atoms with E-state index in [-0.39, 0.29) is 0 Å². The van der Waals surface area contributed by atoms with E-state index in [2.05, 4.69) is 49.9 Å². The molecule has 0 aliphatic rings. The van der Waals surface area contributed by atoms with Gasteiger partial charge in [-0.05, 0) is 43.6 Å². The third-order valence-corrected chi connectivity index (χ3v) is 3.61. The molecule has 1 aromatic carbocycles. The summed E-state index contributed by atoms with van der Waals surface area (Å²) in [5.74, 6) is 0.947. The molecule has 3 nitrogen and oxygen atoms in total. The van der Waals surface area contributed by atoms with Crippen LogP contribution in [-0.4, -0.2) is 31.1 Å². The predicted octanol–water partition coefficient (Wildman–Crippen LogP) is 3.60. The van der Waals surface area contributed by atoms with Gasteiger partial charge < -0.3 is 10.5 Å². The molecule has 1 unspecified atom stereocenters. The van der Waals surface area contributed by atoms with Gasteiger partial charge in [0.05, 0.1) is 6.61 Å². The Kier molecular flexibility index (Phi) is 8.31. The number of hydrogen-bond donors (Lipinski definition) is 1. The van der Waals surface area contributed by atoms with Crippen LogP contribution in [0.15, 0.2) is 24.3 Å². The molecule has 3 heteroatoms. The number of ether oxygens (including phenoxy) is 1. The average molecular weight is 278 g/mol. The maximum Gasteiger partial charge on any atom is 0.119 e. The molecule has 0 bridgehead atoms. The van der Waals surface area contributed by atoms with Crippen LogP contribution in [0.3, 0.4) is 0 Å². The lowest BCUT2D eigenvalue weighted by Crippen LogP contribution is -2.34.